The summed E-state index contributed by atoms with van der Waals surface area (Å²) in [6, 6.07) is 20.8. The van der Waals surface area contributed by atoms with Gasteiger partial charge >= 0.3 is 0 Å². The summed E-state index contributed by atoms with van der Waals surface area (Å²) >= 11 is 0. The number of carbonyl (C=O) groups excluding carboxylic acids is 1. The van der Waals surface area contributed by atoms with E-state index in [9.17, 15) is 14.4 Å². The van der Waals surface area contributed by atoms with Gasteiger partial charge in [0.1, 0.15) is 17.5 Å². The highest BCUT2D eigenvalue weighted by Crippen LogP contribution is 2.19. The van der Waals surface area contributed by atoms with E-state index in [1.165, 1.54) is 24.3 Å². The van der Waals surface area contributed by atoms with E-state index >= 15 is 0 Å². The molecule has 0 fully saturated rings. The quantitative estimate of drug-likeness (QED) is 0.560. The van der Waals surface area contributed by atoms with Gasteiger partial charge in [-0.05, 0) is 61.5 Å². The molecule has 26 heavy (non-hydrogen) atoms. The minimum atomic E-state index is -0.544. The second kappa shape index (κ2) is 7.49. The molecule has 0 atom stereocenters. The molecule has 3 aromatic rings. The molecule has 0 bridgehead atoms. The summed E-state index contributed by atoms with van der Waals surface area (Å²) in [7, 11) is 0. The molecule has 0 saturated carbocycles. The number of nitrogens with zero attached hydrogens (tertiary/aromatic N) is 2. The number of hydrogen-bond acceptors (Lipinski definition) is 2. The molecule has 0 unspecified atom stereocenters. The van der Waals surface area contributed by atoms with Gasteiger partial charge in [0.05, 0.1) is 0 Å². The van der Waals surface area contributed by atoms with Crippen LogP contribution in [-0.2, 0) is 4.79 Å². The van der Waals surface area contributed by atoms with Crippen molar-refractivity contribution in [2.45, 2.75) is 6.92 Å². The number of halogens is 1. The SMILES string of the molecule is Cc1ccc(/C=C(/C#N)C(=O)Nc2ccc(F)cc2)n1-c1ccccc1. The predicted molar refractivity (Wildman–Crippen MR) is 99.1 cm³/mol. The Morgan fingerprint density at radius 3 is 2.42 bits per heavy atom. The van der Waals surface area contributed by atoms with E-state index in [1.54, 1.807) is 6.08 Å². The van der Waals surface area contributed by atoms with E-state index in [4.69, 9.17) is 0 Å². The molecular formula is C21H16FN3O. The summed E-state index contributed by atoms with van der Waals surface area (Å²) in [5.74, 6) is -0.937. The molecule has 4 nitrogen and oxygen atoms in total. The van der Waals surface area contributed by atoms with Crippen LogP contribution >= 0.6 is 0 Å². The molecule has 0 aliphatic carbocycles. The van der Waals surface area contributed by atoms with Gasteiger partial charge in [-0.1, -0.05) is 18.2 Å². The van der Waals surface area contributed by atoms with Gasteiger partial charge < -0.3 is 9.88 Å². The fourth-order valence-corrected chi connectivity index (χ4v) is 2.63. The molecule has 0 aliphatic heterocycles. The molecule has 2 aromatic carbocycles. The van der Waals surface area contributed by atoms with E-state index < -0.39 is 11.7 Å². The number of carbonyl (C=O) groups is 1. The number of amides is 1. The van der Waals surface area contributed by atoms with Crippen molar-refractivity contribution >= 4 is 17.7 Å². The van der Waals surface area contributed by atoms with Crippen molar-refractivity contribution in [3.05, 3.63) is 89.5 Å². The first-order chi connectivity index (χ1) is 12.6. The van der Waals surface area contributed by atoms with Crippen molar-refractivity contribution in [3.8, 4) is 11.8 Å². The number of nitriles is 1. The largest absolute Gasteiger partial charge is 0.321 e. The molecule has 3 rings (SSSR count). The number of aryl methyl sites for hydroxylation is 1. The number of hydrogen-bond donors (Lipinski definition) is 1. The first kappa shape index (κ1) is 17.2. The zero-order chi connectivity index (χ0) is 18.5. The molecule has 1 aromatic heterocycles. The van der Waals surface area contributed by atoms with Crippen LogP contribution in [0, 0.1) is 24.1 Å². The lowest BCUT2D eigenvalue weighted by Crippen LogP contribution is -2.13. The van der Waals surface area contributed by atoms with E-state index in [0.29, 0.717) is 5.69 Å². The Kier molecular flexibility index (Phi) is 4.95. The smallest absolute Gasteiger partial charge is 0.266 e. The lowest BCUT2D eigenvalue weighted by atomic mass is 10.2. The van der Waals surface area contributed by atoms with Crippen molar-refractivity contribution < 1.29 is 9.18 Å². The van der Waals surface area contributed by atoms with Gasteiger partial charge in [-0.3, -0.25) is 4.79 Å². The first-order valence-corrected chi connectivity index (χ1v) is 8.01. The number of para-hydroxylation sites is 1. The maximum absolute atomic E-state index is 13.0. The van der Waals surface area contributed by atoms with Gasteiger partial charge in [-0.2, -0.15) is 5.26 Å². The Hall–Kier alpha value is -3.65. The van der Waals surface area contributed by atoms with E-state index in [2.05, 4.69) is 5.32 Å². The Morgan fingerprint density at radius 1 is 1.08 bits per heavy atom. The zero-order valence-corrected chi connectivity index (χ0v) is 14.1. The zero-order valence-electron chi connectivity index (χ0n) is 14.1. The van der Waals surface area contributed by atoms with Crippen LogP contribution in [0.15, 0.2) is 72.3 Å². The normalized spacial score (nSPS) is 11.0. The number of aromatic nitrogens is 1. The van der Waals surface area contributed by atoms with Gasteiger partial charge in [0.25, 0.3) is 5.91 Å². The first-order valence-electron chi connectivity index (χ1n) is 8.01. The highest BCUT2D eigenvalue weighted by atomic mass is 19.1. The van der Waals surface area contributed by atoms with Crippen LogP contribution in [0.25, 0.3) is 11.8 Å². The monoisotopic (exact) mass is 345 g/mol. The minimum absolute atomic E-state index is 0.0374. The summed E-state index contributed by atoms with van der Waals surface area (Å²) in [6.07, 6.45) is 1.54. The van der Waals surface area contributed by atoms with Crippen LogP contribution in [0.2, 0.25) is 0 Å². The molecule has 5 heteroatoms. The lowest BCUT2D eigenvalue weighted by Gasteiger charge is -2.10. The van der Waals surface area contributed by atoms with Gasteiger partial charge in [0, 0.05) is 22.8 Å². The van der Waals surface area contributed by atoms with Gasteiger partial charge in [-0.15, -0.1) is 0 Å². The molecule has 0 spiro atoms. The van der Waals surface area contributed by atoms with Crippen LogP contribution in [0.4, 0.5) is 10.1 Å². The highest BCUT2D eigenvalue weighted by molar-refractivity contribution is 6.09. The Balaban J connectivity index is 1.92. The summed E-state index contributed by atoms with van der Waals surface area (Å²) < 4.78 is 14.9. The highest BCUT2D eigenvalue weighted by Gasteiger charge is 2.12. The molecule has 0 radical (unpaired) electrons. The van der Waals surface area contributed by atoms with Gasteiger partial charge in [-0.25, -0.2) is 4.39 Å². The van der Waals surface area contributed by atoms with E-state index in [1.807, 2.05) is 60.0 Å². The third kappa shape index (κ3) is 3.70. The molecule has 1 N–H and O–H groups in total. The number of rotatable bonds is 4. The fraction of sp³-hybridized carbons (Fsp3) is 0.0476. The number of benzene rings is 2. The van der Waals surface area contributed by atoms with Crippen molar-refractivity contribution in [3.63, 3.8) is 0 Å². The number of anilines is 1. The van der Waals surface area contributed by atoms with E-state index in [-0.39, 0.29) is 5.57 Å². The van der Waals surface area contributed by atoms with Crippen molar-refractivity contribution in [1.82, 2.24) is 4.57 Å². The van der Waals surface area contributed by atoms with Crippen molar-refractivity contribution in [1.29, 1.82) is 5.26 Å². The topological polar surface area (TPSA) is 57.8 Å². The third-order valence-electron chi connectivity index (χ3n) is 3.88. The Bertz CT molecular complexity index is 996. The van der Waals surface area contributed by atoms with Crippen LogP contribution < -0.4 is 5.32 Å². The average Bonchev–Trinajstić information content (AvgIpc) is 3.02. The van der Waals surface area contributed by atoms with Crippen LogP contribution in [0.5, 0.6) is 0 Å². The summed E-state index contributed by atoms with van der Waals surface area (Å²) in [4.78, 5) is 12.4. The maximum Gasteiger partial charge on any atom is 0.266 e. The second-order valence-electron chi connectivity index (χ2n) is 5.70. The maximum atomic E-state index is 13.0. The molecule has 1 heterocycles. The average molecular weight is 345 g/mol. The Labute approximate surface area is 150 Å². The van der Waals surface area contributed by atoms with Crippen molar-refractivity contribution in [2.75, 3.05) is 5.32 Å². The predicted octanol–water partition coefficient (Wildman–Crippen LogP) is 4.47. The second-order valence-corrected chi connectivity index (χ2v) is 5.70. The third-order valence-corrected chi connectivity index (χ3v) is 3.88. The van der Waals surface area contributed by atoms with Crippen LogP contribution in [0.1, 0.15) is 11.4 Å². The Morgan fingerprint density at radius 2 is 1.77 bits per heavy atom. The van der Waals surface area contributed by atoms with E-state index in [0.717, 1.165) is 17.1 Å². The number of nitrogens with one attached hydrogen (secondary N) is 1. The standard InChI is InChI=1S/C21H16FN3O/c1-15-7-12-20(25(15)19-5-3-2-4-6-19)13-16(14-23)21(26)24-18-10-8-17(22)9-11-18/h2-13H,1H3,(H,24,26)/b16-13-. The van der Waals surface area contributed by atoms with Gasteiger partial charge in [0.15, 0.2) is 0 Å². The summed E-state index contributed by atoms with van der Waals surface area (Å²) in [6.45, 7) is 1.95. The summed E-state index contributed by atoms with van der Waals surface area (Å²) in [5, 5.41) is 12.0. The summed E-state index contributed by atoms with van der Waals surface area (Å²) in [5.41, 5.74) is 3.03. The molecule has 0 aliphatic rings. The fourth-order valence-electron chi connectivity index (χ4n) is 2.63. The lowest BCUT2D eigenvalue weighted by molar-refractivity contribution is -0.112. The molecule has 1 amide bonds. The molecule has 128 valence electrons. The minimum Gasteiger partial charge on any atom is -0.321 e. The van der Waals surface area contributed by atoms with Crippen LogP contribution in [0.3, 0.4) is 0 Å². The molecule has 0 saturated heterocycles. The van der Waals surface area contributed by atoms with Gasteiger partial charge in [0.2, 0.25) is 0 Å². The van der Waals surface area contributed by atoms with Crippen molar-refractivity contribution in [2.24, 2.45) is 0 Å². The molecular weight excluding hydrogens is 329 g/mol. The van der Waals surface area contributed by atoms with Crippen LogP contribution in [-0.4, -0.2) is 10.5 Å².